The van der Waals surface area contributed by atoms with Crippen molar-refractivity contribution in [3.05, 3.63) is 118 Å². The second-order valence-corrected chi connectivity index (χ2v) is 8.09. The molecule has 0 aliphatic heterocycles. The van der Waals surface area contributed by atoms with Crippen molar-refractivity contribution in [2.75, 3.05) is 0 Å². The van der Waals surface area contributed by atoms with Crippen LogP contribution in [-0.2, 0) is 6.61 Å². The normalized spacial score (nSPS) is 10.7. The van der Waals surface area contributed by atoms with Gasteiger partial charge in [0, 0.05) is 35.0 Å². The largest absolute Gasteiger partial charge is 0.488 e. The lowest BCUT2D eigenvalue weighted by molar-refractivity contribution is -0.384. The highest BCUT2D eigenvalue weighted by Gasteiger charge is 2.14. The molecule has 1 heterocycles. The molecule has 0 radical (unpaired) electrons. The average molecular weight is 486 g/mol. The van der Waals surface area contributed by atoms with E-state index in [1.807, 2.05) is 30.3 Å². The number of hydrazone groups is 1. The van der Waals surface area contributed by atoms with Gasteiger partial charge >= 0.3 is 0 Å². The first-order valence-corrected chi connectivity index (χ1v) is 11.2. The molecule has 0 spiro atoms. The van der Waals surface area contributed by atoms with Gasteiger partial charge in [-0.2, -0.15) is 5.10 Å². The molecule has 174 valence electrons. The molecule has 35 heavy (non-hydrogen) atoms. The highest BCUT2D eigenvalue weighted by Crippen LogP contribution is 2.29. The molecule has 1 amide bonds. The van der Waals surface area contributed by atoms with E-state index in [9.17, 15) is 14.9 Å². The summed E-state index contributed by atoms with van der Waals surface area (Å²) in [5.41, 5.74) is 4.08. The number of carbonyl (C=O) groups excluding carboxylic acids is 1. The Bertz CT molecular complexity index is 1350. The van der Waals surface area contributed by atoms with Crippen molar-refractivity contribution >= 4 is 29.6 Å². The minimum absolute atomic E-state index is 0.101. The zero-order chi connectivity index (χ0) is 24.5. The van der Waals surface area contributed by atoms with Crippen LogP contribution in [-0.4, -0.2) is 27.0 Å². The van der Waals surface area contributed by atoms with Gasteiger partial charge in [0.15, 0.2) is 5.16 Å². The topological polar surface area (TPSA) is 120 Å². The minimum atomic E-state index is -0.496. The lowest BCUT2D eigenvalue weighted by Gasteiger charge is -2.10. The Labute approximate surface area is 205 Å². The van der Waals surface area contributed by atoms with E-state index < -0.39 is 10.8 Å². The van der Waals surface area contributed by atoms with Crippen molar-refractivity contribution in [3.63, 3.8) is 0 Å². The first kappa shape index (κ1) is 23.6. The fourth-order valence-electron chi connectivity index (χ4n) is 3.02. The number of aromatic nitrogens is 2. The number of hydrogen-bond acceptors (Lipinski definition) is 8. The predicted octanol–water partition coefficient (Wildman–Crippen LogP) is 4.88. The fraction of sp³-hybridized carbons (Fsp3) is 0.0400. The minimum Gasteiger partial charge on any atom is -0.488 e. The maximum absolute atomic E-state index is 12.8. The number of hydrogen-bond donors (Lipinski definition) is 1. The number of nitro groups is 1. The number of benzene rings is 3. The highest BCUT2D eigenvalue weighted by atomic mass is 32.2. The summed E-state index contributed by atoms with van der Waals surface area (Å²) in [5.74, 6) is -0.0622. The van der Waals surface area contributed by atoms with Crippen LogP contribution in [0, 0.1) is 10.1 Å². The number of carbonyl (C=O) groups is 1. The monoisotopic (exact) mass is 485 g/mol. The Morgan fingerprint density at radius 3 is 2.54 bits per heavy atom. The quantitative estimate of drug-likeness (QED) is 0.155. The SMILES string of the molecule is O=C(N/N=C/c1cc([N+](=O)[O-])ccc1Sc1ncccn1)c1ccccc1OCc1ccccc1. The molecule has 0 bridgehead atoms. The first-order valence-electron chi connectivity index (χ1n) is 10.4. The zero-order valence-corrected chi connectivity index (χ0v) is 19.1. The third-order valence-electron chi connectivity index (χ3n) is 4.69. The van der Waals surface area contributed by atoms with E-state index in [1.54, 1.807) is 48.8 Å². The van der Waals surface area contributed by atoms with Crippen molar-refractivity contribution in [1.29, 1.82) is 0 Å². The standard InChI is InChI=1S/C25H19N5O4S/c31-24(21-9-4-5-10-22(21)34-17-18-7-2-1-3-8-18)29-28-16-19-15-20(30(32)33)11-12-23(19)35-25-26-13-6-14-27-25/h1-16H,17H2,(H,29,31)/b28-16+. The molecule has 0 aliphatic rings. The molecule has 3 aromatic carbocycles. The van der Waals surface area contributed by atoms with Crippen LogP contribution in [0.5, 0.6) is 5.75 Å². The van der Waals surface area contributed by atoms with E-state index >= 15 is 0 Å². The molecular formula is C25H19N5O4S. The van der Waals surface area contributed by atoms with E-state index in [1.165, 1.54) is 30.1 Å². The van der Waals surface area contributed by atoms with Crippen LogP contribution < -0.4 is 10.2 Å². The van der Waals surface area contributed by atoms with Crippen LogP contribution in [0.1, 0.15) is 21.5 Å². The molecule has 10 heteroatoms. The molecule has 1 aromatic heterocycles. The van der Waals surface area contributed by atoms with E-state index in [2.05, 4.69) is 20.5 Å². The Morgan fingerprint density at radius 2 is 1.77 bits per heavy atom. The molecular weight excluding hydrogens is 466 g/mol. The van der Waals surface area contributed by atoms with Crippen LogP contribution in [0.4, 0.5) is 5.69 Å². The van der Waals surface area contributed by atoms with Gasteiger partial charge in [0.05, 0.1) is 16.7 Å². The smallest absolute Gasteiger partial charge is 0.275 e. The molecule has 0 aliphatic carbocycles. The van der Waals surface area contributed by atoms with Crippen molar-refractivity contribution in [3.8, 4) is 5.75 Å². The summed E-state index contributed by atoms with van der Waals surface area (Å²) >= 11 is 1.23. The van der Waals surface area contributed by atoms with Crippen LogP contribution in [0.2, 0.25) is 0 Å². The van der Waals surface area contributed by atoms with Crippen LogP contribution in [0.25, 0.3) is 0 Å². The first-order chi connectivity index (χ1) is 17.1. The Kier molecular flexibility index (Phi) is 7.77. The lowest BCUT2D eigenvalue weighted by Crippen LogP contribution is -2.18. The lowest BCUT2D eigenvalue weighted by atomic mass is 10.2. The van der Waals surface area contributed by atoms with E-state index in [-0.39, 0.29) is 5.69 Å². The number of ether oxygens (including phenoxy) is 1. The number of nitrogens with zero attached hydrogens (tertiary/aromatic N) is 4. The fourth-order valence-corrected chi connectivity index (χ4v) is 3.81. The van der Waals surface area contributed by atoms with Gasteiger partial charge < -0.3 is 4.74 Å². The van der Waals surface area contributed by atoms with E-state index in [0.29, 0.717) is 33.5 Å². The third-order valence-corrected chi connectivity index (χ3v) is 5.67. The number of para-hydroxylation sites is 1. The van der Waals surface area contributed by atoms with Gasteiger partial charge in [-0.25, -0.2) is 15.4 Å². The summed E-state index contributed by atoms with van der Waals surface area (Å²) in [6.45, 7) is 0.310. The Hall–Kier alpha value is -4.57. The highest BCUT2D eigenvalue weighted by molar-refractivity contribution is 7.99. The molecule has 1 N–H and O–H groups in total. The number of non-ortho nitro benzene ring substituents is 1. The van der Waals surface area contributed by atoms with Gasteiger partial charge in [0.2, 0.25) is 0 Å². The average Bonchev–Trinajstić information content (AvgIpc) is 2.89. The molecule has 9 nitrogen and oxygen atoms in total. The maximum atomic E-state index is 12.8. The molecule has 0 atom stereocenters. The molecule has 0 fully saturated rings. The van der Waals surface area contributed by atoms with Crippen molar-refractivity contribution in [1.82, 2.24) is 15.4 Å². The summed E-state index contributed by atoms with van der Waals surface area (Å²) in [6.07, 6.45) is 4.56. The number of amides is 1. The molecule has 0 saturated heterocycles. The molecule has 0 unspecified atom stereocenters. The molecule has 4 rings (SSSR count). The van der Waals surface area contributed by atoms with Gasteiger partial charge in [-0.15, -0.1) is 0 Å². The predicted molar refractivity (Wildman–Crippen MR) is 132 cm³/mol. The van der Waals surface area contributed by atoms with Gasteiger partial charge in [0.1, 0.15) is 12.4 Å². The Balaban J connectivity index is 1.49. The summed E-state index contributed by atoms with van der Waals surface area (Å²) in [7, 11) is 0. The van der Waals surface area contributed by atoms with Crippen LogP contribution in [0.15, 0.2) is 106 Å². The number of nitrogens with one attached hydrogen (secondary N) is 1. The summed E-state index contributed by atoms with van der Waals surface area (Å²) in [5, 5.41) is 15.7. The summed E-state index contributed by atoms with van der Waals surface area (Å²) in [4.78, 5) is 32.5. The molecule has 0 saturated carbocycles. The van der Waals surface area contributed by atoms with Crippen molar-refractivity contribution in [2.24, 2.45) is 5.10 Å². The van der Waals surface area contributed by atoms with E-state index in [4.69, 9.17) is 4.74 Å². The zero-order valence-electron chi connectivity index (χ0n) is 18.3. The third kappa shape index (κ3) is 6.49. The van der Waals surface area contributed by atoms with Gasteiger partial charge in [-0.05, 0) is 41.6 Å². The molecule has 4 aromatic rings. The Morgan fingerprint density at radius 1 is 1.03 bits per heavy atom. The van der Waals surface area contributed by atoms with Crippen LogP contribution in [0.3, 0.4) is 0 Å². The maximum Gasteiger partial charge on any atom is 0.275 e. The van der Waals surface area contributed by atoms with Crippen LogP contribution >= 0.6 is 11.8 Å². The van der Waals surface area contributed by atoms with Gasteiger partial charge in [-0.1, -0.05) is 42.5 Å². The van der Waals surface area contributed by atoms with Gasteiger partial charge in [-0.3, -0.25) is 14.9 Å². The van der Waals surface area contributed by atoms with Crippen molar-refractivity contribution < 1.29 is 14.5 Å². The summed E-state index contributed by atoms with van der Waals surface area (Å²) in [6, 6.07) is 22.5. The number of rotatable bonds is 9. The second-order valence-electron chi connectivity index (χ2n) is 7.08. The summed E-state index contributed by atoms with van der Waals surface area (Å²) < 4.78 is 5.83. The van der Waals surface area contributed by atoms with Gasteiger partial charge in [0.25, 0.3) is 11.6 Å². The van der Waals surface area contributed by atoms with E-state index in [0.717, 1.165) is 5.56 Å². The second kappa shape index (κ2) is 11.5. The number of nitro benzene ring substituents is 1. The van der Waals surface area contributed by atoms with Crippen molar-refractivity contribution in [2.45, 2.75) is 16.7 Å².